The number of hydrogen-bond donors (Lipinski definition) is 2. The number of amides is 1. The molecule has 4 nitrogen and oxygen atoms in total. The summed E-state index contributed by atoms with van der Waals surface area (Å²) in [5, 5.41) is 11.4. The molecule has 1 amide bonds. The smallest absolute Gasteiger partial charge is 0.373 e. The molecule has 1 aliphatic carbocycles. The molecule has 0 saturated heterocycles. The standard InChI is InChI=1S/C17H12F3NO3/c1-16(24,17(18,19)20)15(23)21-9-6-7-12-13(8-9)10-4-2-3-5-11(10)14(12)22/h2-8,24H,1H3,(H,21,23). The predicted molar refractivity (Wildman–Crippen MR) is 80.6 cm³/mol. The molecule has 24 heavy (non-hydrogen) atoms. The molecule has 0 aliphatic heterocycles. The van der Waals surface area contributed by atoms with E-state index >= 15 is 0 Å². The second-order valence-electron chi connectivity index (χ2n) is 5.66. The van der Waals surface area contributed by atoms with Crippen LogP contribution in [0.1, 0.15) is 22.8 Å². The summed E-state index contributed by atoms with van der Waals surface area (Å²) in [6.45, 7) is 0.383. The van der Waals surface area contributed by atoms with Crippen LogP contribution in [0, 0.1) is 0 Å². The Hall–Kier alpha value is -2.67. The number of alkyl halides is 3. The normalized spacial score (nSPS) is 15.5. The Morgan fingerprint density at radius 1 is 1.00 bits per heavy atom. The van der Waals surface area contributed by atoms with E-state index in [1.165, 1.54) is 18.2 Å². The Morgan fingerprint density at radius 2 is 1.58 bits per heavy atom. The molecule has 2 aromatic rings. The van der Waals surface area contributed by atoms with Crippen molar-refractivity contribution in [2.45, 2.75) is 18.7 Å². The lowest BCUT2D eigenvalue weighted by molar-refractivity contribution is -0.242. The van der Waals surface area contributed by atoms with Gasteiger partial charge in [-0.25, -0.2) is 0 Å². The molecule has 0 aromatic heterocycles. The molecule has 1 unspecified atom stereocenters. The highest BCUT2D eigenvalue weighted by molar-refractivity contribution is 6.22. The monoisotopic (exact) mass is 335 g/mol. The highest BCUT2D eigenvalue weighted by atomic mass is 19.4. The second kappa shape index (κ2) is 5.17. The van der Waals surface area contributed by atoms with Gasteiger partial charge < -0.3 is 10.4 Å². The van der Waals surface area contributed by atoms with Crippen LogP contribution in [-0.2, 0) is 4.79 Å². The van der Waals surface area contributed by atoms with E-state index in [0.29, 0.717) is 29.2 Å². The fourth-order valence-corrected chi connectivity index (χ4v) is 2.49. The van der Waals surface area contributed by atoms with E-state index in [1.807, 2.05) is 5.32 Å². The maximum atomic E-state index is 12.7. The topological polar surface area (TPSA) is 66.4 Å². The van der Waals surface area contributed by atoms with Crippen LogP contribution in [-0.4, -0.2) is 28.6 Å². The summed E-state index contributed by atoms with van der Waals surface area (Å²) in [5.41, 5.74) is -1.36. The SMILES string of the molecule is CC(O)(C(=O)Nc1ccc2c(c1)-c1ccccc1C2=O)C(F)(F)F. The fraction of sp³-hybridized carbons (Fsp3) is 0.176. The van der Waals surface area contributed by atoms with Crippen LogP contribution in [0.3, 0.4) is 0 Å². The molecular weight excluding hydrogens is 323 g/mol. The average Bonchev–Trinajstić information content (AvgIpc) is 2.79. The molecule has 1 atom stereocenters. The number of nitrogens with one attached hydrogen (secondary N) is 1. The molecule has 0 saturated carbocycles. The number of anilines is 1. The number of carbonyl (C=O) groups excluding carboxylic acids is 2. The highest BCUT2D eigenvalue weighted by Crippen LogP contribution is 2.38. The third kappa shape index (κ3) is 2.37. The third-order valence-electron chi connectivity index (χ3n) is 3.98. The summed E-state index contributed by atoms with van der Waals surface area (Å²) >= 11 is 0. The molecule has 0 spiro atoms. The van der Waals surface area contributed by atoms with Gasteiger partial charge in [-0.05, 0) is 36.2 Å². The number of hydrogen-bond acceptors (Lipinski definition) is 3. The fourth-order valence-electron chi connectivity index (χ4n) is 2.49. The van der Waals surface area contributed by atoms with Gasteiger partial charge >= 0.3 is 6.18 Å². The number of benzene rings is 2. The van der Waals surface area contributed by atoms with Crippen molar-refractivity contribution in [3.63, 3.8) is 0 Å². The summed E-state index contributed by atoms with van der Waals surface area (Å²) in [7, 11) is 0. The molecular formula is C17H12F3NO3. The lowest BCUT2D eigenvalue weighted by atomic mass is 10.0. The van der Waals surface area contributed by atoms with Gasteiger partial charge in [0.1, 0.15) is 0 Å². The minimum Gasteiger partial charge on any atom is -0.373 e. The minimum atomic E-state index is -5.10. The first-order valence-electron chi connectivity index (χ1n) is 7.01. The van der Waals surface area contributed by atoms with Crippen molar-refractivity contribution < 1.29 is 27.9 Å². The maximum Gasteiger partial charge on any atom is 0.426 e. The van der Waals surface area contributed by atoms with E-state index in [9.17, 15) is 27.9 Å². The van der Waals surface area contributed by atoms with E-state index < -0.39 is 17.7 Å². The second-order valence-corrected chi connectivity index (χ2v) is 5.66. The van der Waals surface area contributed by atoms with Gasteiger partial charge in [0, 0.05) is 16.8 Å². The van der Waals surface area contributed by atoms with Crippen molar-refractivity contribution in [3.05, 3.63) is 53.6 Å². The summed E-state index contributed by atoms with van der Waals surface area (Å²) in [6.07, 6.45) is -5.10. The van der Waals surface area contributed by atoms with Gasteiger partial charge in [0.2, 0.25) is 5.60 Å². The third-order valence-corrected chi connectivity index (χ3v) is 3.98. The van der Waals surface area contributed by atoms with E-state index in [1.54, 1.807) is 24.3 Å². The Kier molecular flexibility index (Phi) is 3.49. The van der Waals surface area contributed by atoms with Crippen LogP contribution in [0.5, 0.6) is 0 Å². The number of carbonyl (C=O) groups is 2. The van der Waals surface area contributed by atoms with Crippen molar-refractivity contribution in [1.29, 1.82) is 0 Å². The van der Waals surface area contributed by atoms with Crippen LogP contribution in [0.4, 0.5) is 18.9 Å². The molecule has 7 heteroatoms. The van der Waals surface area contributed by atoms with Gasteiger partial charge in [0.05, 0.1) is 0 Å². The molecule has 2 aromatic carbocycles. The van der Waals surface area contributed by atoms with Crippen LogP contribution in [0.25, 0.3) is 11.1 Å². The van der Waals surface area contributed by atoms with E-state index in [0.717, 1.165) is 0 Å². The quantitative estimate of drug-likeness (QED) is 0.756. The highest BCUT2D eigenvalue weighted by Gasteiger charge is 2.55. The molecule has 0 bridgehead atoms. The summed E-state index contributed by atoms with van der Waals surface area (Å²) in [6, 6.07) is 11.0. The lowest BCUT2D eigenvalue weighted by Gasteiger charge is -2.24. The van der Waals surface area contributed by atoms with E-state index in [-0.39, 0.29) is 11.5 Å². The largest absolute Gasteiger partial charge is 0.426 e. The van der Waals surface area contributed by atoms with E-state index in [4.69, 9.17) is 0 Å². The zero-order chi connectivity index (χ0) is 17.7. The zero-order valence-corrected chi connectivity index (χ0v) is 12.4. The summed E-state index contributed by atoms with van der Waals surface area (Å²) in [5.74, 6) is -1.77. The van der Waals surface area contributed by atoms with Crippen molar-refractivity contribution >= 4 is 17.4 Å². The van der Waals surface area contributed by atoms with Gasteiger partial charge in [-0.15, -0.1) is 0 Å². The van der Waals surface area contributed by atoms with Crippen LogP contribution >= 0.6 is 0 Å². The minimum absolute atomic E-state index is 0.0628. The maximum absolute atomic E-state index is 12.7. The average molecular weight is 335 g/mol. The first-order chi connectivity index (χ1) is 11.1. The Bertz CT molecular complexity index is 856. The number of aliphatic hydroxyl groups is 1. The molecule has 3 rings (SSSR count). The first-order valence-corrected chi connectivity index (χ1v) is 7.01. The van der Waals surface area contributed by atoms with Crippen LogP contribution < -0.4 is 5.32 Å². The molecule has 0 radical (unpaired) electrons. The number of fused-ring (bicyclic) bond motifs is 3. The first kappa shape index (κ1) is 16.2. The van der Waals surface area contributed by atoms with Crippen molar-refractivity contribution in [2.75, 3.05) is 5.32 Å². The predicted octanol–water partition coefficient (Wildman–Crippen LogP) is 3.15. The van der Waals surface area contributed by atoms with Crippen LogP contribution in [0.15, 0.2) is 42.5 Å². The van der Waals surface area contributed by atoms with Gasteiger partial charge in [-0.3, -0.25) is 9.59 Å². The Labute approximate surface area is 134 Å². The van der Waals surface area contributed by atoms with Gasteiger partial charge in [0.15, 0.2) is 5.78 Å². The summed E-state index contributed by atoms with van der Waals surface area (Å²) < 4.78 is 38.1. The zero-order valence-electron chi connectivity index (χ0n) is 12.4. The van der Waals surface area contributed by atoms with Crippen molar-refractivity contribution in [2.24, 2.45) is 0 Å². The molecule has 124 valence electrons. The summed E-state index contributed by atoms with van der Waals surface area (Å²) in [4.78, 5) is 24.0. The Morgan fingerprint density at radius 3 is 2.21 bits per heavy atom. The van der Waals surface area contributed by atoms with Gasteiger partial charge in [-0.1, -0.05) is 24.3 Å². The molecule has 0 heterocycles. The molecule has 0 fully saturated rings. The molecule has 2 N–H and O–H groups in total. The van der Waals surface area contributed by atoms with Gasteiger partial charge in [0.25, 0.3) is 5.91 Å². The van der Waals surface area contributed by atoms with E-state index in [2.05, 4.69) is 0 Å². The number of halogens is 3. The van der Waals surface area contributed by atoms with Gasteiger partial charge in [-0.2, -0.15) is 13.2 Å². The molecule has 1 aliphatic rings. The number of rotatable bonds is 2. The van der Waals surface area contributed by atoms with Crippen molar-refractivity contribution in [1.82, 2.24) is 0 Å². The van der Waals surface area contributed by atoms with Crippen molar-refractivity contribution in [3.8, 4) is 11.1 Å². The lowest BCUT2D eigenvalue weighted by Crippen LogP contribution is -2.52. The van der Waals surface area contributed by atoms with Crippen LogP contribution in [0.2, 0.25) is 0 Å². The number of ketones is 1. The Balaban J connectivity index is 1.95.